The Hall–Kier alpha value is -1.64. The zero-order chi connectivity index (χ0) is 19.9. The van der Waals surface area contributed by atoms with Gasteiger partial charge in [0, 0.05) is 19.1 Å². The van der Waals surface area contributed by atoms with Gasteiger partial charge in [-0.05, 0) is 71.8 Å². The first-order valence-electron chi connectivity index (χ1n) is 11.1. The van der Waals surface area contributed by atoms with Gasteiger partial charge in [0.15, 0.2) is 0 Å². The molecule has 0 radical (unpaired) electrons. The van der Waals surface area contributed by atoms with Gasteiger partial charge in [-0.1, -0.05) is 69.2 Å². The number of benzene rings is 2. The highest BCUT2D eigenvalue weighted by Crippen LogP contribution is 2.36. The molecule has 0 bridgehead atoms. The van der Waals surface area contributed by atoms with Crippen molar-refractivity contribution in [3.05, 3.63) is 59.2 Å². The summed E-state index contributed by atoms with van der Waals surface area (Å²) in [5.41, 5.74) is 6.81. The molecule has 1 aliphatic rings. The maximum absolute atomic E-state index is 9.27. The van der Waals surface area contributed by atoms with Crippen LogP contribution in [0.5, 0.6) is 0 Å². The van der Waals surface area contributed by atoms with E-state index in [1.54, 1.807) is 0 Å². The summed E-state index contributed by atoms with van der Waals surface area (Å²) in [6.45, 7) is 4.70. The van der Waals surface area contributed by atoms with Gasteiger partial charge in [0.25, 0.3) is 0 Å². The molecule has 28 heavy (non-hydrogen) atoms. The summed E-state index contributed by atoms with van der Waals surface area (Å²) in [7, 11) is 0. The van der Waals surface area contributed by atoms with E-state index >= 15 is 0 Å². The van der Waals surface area contributed by atoms with Crippen LogP contribution in [0.2, 0.25) is 0 Å². The van der Waals surface area contributed by atoms with E-state index in [0.29, 0.717) is 0 Å². The Morgan fingerprint density at radius 1 is 0.929 bits per heavy atom. The van der Waals surface area contributed by atoms with Crippen molar-refractivity contribution < 1.29 is 10.2 Å². The molecule has 0 heterocycles. The molecule has 2 aromatic rings. The zero-order valence-electron chi connectivity index (χ0n) is 17.5. The Kier molecular flexibility index (Phi) is 7.70. The third-order valence-electron chi connectivity index (χ3n) is 6.62. The van der Waals surface area contributed by atoms with Crippen LogP contribution in [0.4, 0.5) is 0 Å². The minimum atomic E-state index is -0.0138. The van der Waals surface area contributed by atoms with E-state index in [9.17, 15) is 10.2 Å². The maximum atomic E-state index is 9.27. The monoisotopic (exact) mass is 380 g/mol. The van der Waals surface area contributed by atoms with E-state index in [2.05, 4.69) is 56.3 Å². The molecule has 0 spiro atoms. The normalized spacial score (nSPS) is 19.9. The van der Waals surface area contributed by atoms with Crippen molar-refractivity contribution in [1.82, 2.24) is 0 Å². The predicted octanol–water partition coefficient (Wildman–Crippen LogP) is 5.74. The standard InChI is InChI=1S/C26H36O2/c1-3-22-16-20(6-7-21(17-27)18-28)8-15-26(22)25-13-11-24(12-14-25)23-9-4-19(2)5-10-23/h8,11-16,19,21,23,27-28H,3-7,9-10,17-18H2,1-2H3. The Labute approximate surface area is 170 Å². The maximum Gasteiger partial charge on any atom is 0.0481 e. The van der Waals surface area contributed by atoms with Gasteiger partial charge in [-0.25, -0.2) is 0 Å². The SMILES string of the molecule is CCc1cc(CCC(CO)CO)ccc1-c1ccc(C2CCC(C)CC2)cc1. The van der Waals surface area contributed by atoms with E-state index in [0.717, 1.165) is 31.1 Å². The summed E-state index contributed by atoms with van der Waals surface area (Å²) in [4.78, 5) is 0. The lowest BCUT2D eigenvalue weighted by Crippen LogP contribution is -2.12. The van der Waals surface area contributed by atoms with Crippen molar-refractivity contribution in [2.24, 2.45) is 11.8 Å². The van der Waals surface area contributed by atoms with Gasteiger partial charge in [-0.2, -0.15) is 0 Å². The van der Waals surface area contributed by atoms with Gasteiger partial charge in [0.05, 0.1) is 0 Å². The lowest BCUT2D eigenvalue weighted by Gasteiger charge is -2.26. The molecule has 1 saturated carbocycles. The second-order valence-electron chi connectivity index (χ2n) is 8.69. The molecule has 0 aliphatic heterocycles. The average molecular weight is 381 g/mol. The summed E-state index contributed by atoms with van der Waals surface area (Å²) >= 11 is 0. The summed E-state index contributed by atoms with van der Waals surface area (Å²) in [6.07, 6.45) is 8.12. The van der Waals surface area contributed by atoms with E-state index in [1.807, 2.05) is 0 Å². The number of aliphatic hydroxyl groups excluding tert-OH is 2. The second kappa shape index (κ2) is 10.2. The fourth-order valence-corrected chi connectivity index (χ4v) is 4.52. The minimum absolute atomic E-state index is 0.0138. The van der Waals surface area contributed by atoms with Gasteiger partial charge in [-0.3, -0.25) is 0 Å². The first-order valence-corrected chi connectivity index (χ1v) is 11.1. The van der Waals surface area contributed by atoms with Crippen molar-refractivity contribution in [2.45, 2.75) is 64.7 Å². The van der Waals surface area contributed by atoms with Crippen LogP contribution in [0.3, 0.4) is 0 Å². The lowest BCUT2D eigenvalue weighted by atomic mass is 9.79. The lowest BCUT2D eigenvalue weighted by molar-refractivity contribution is 0.144. The van der Waals surface area contributed by atoms with Crippen molar-refractivity contribution in [2.75, 3.05) is 13.2 Å². The molecule has 3 rings (SSSR count). The number of aliphatic hydroxyl groups is 2. The van der Waals surface area contributed by atoms with Crippen LogP contribution < -0.4 is 0 Å². The number of rotatable bonds is 8. The van der Waals surface area contributed by atoms with Crippen molar-refractivity contribution in [3.63, 3.8) is 0 Å². The first-order chi connectivity index (χ1) is 13.6. The molecule has 0 atom stereocenters. The Morgan fingerprint density at radius 2 is 1.61 bits per heavy atom. The molecular formula is C26H36O2. The van der Waals surface area contributed by atoms with E-state index in [1.165, 1.54) is 53.5 Å². The Morgan fingerprint density at radius 3 is 2.21 bits per heavy atom. The van der Waals surface area contributed by atoms with Gasteiger partial charge in [0.1, 0.15) is 0 Å². The summed E-state index contributed by atoms with van der Waals surface area (Å²) < 4.78 is 0. The molecule has 1 fully saturated rings. The molecule has 0 unspecified atom stereocenters. The van der Waals surface area contributed by atoms with Crippen LogP contribution in [0.1, 0.15) is 68.6 Å². The number of aryl methyl sites for hydroxylation is 2. The largest absolute Gasteiger partial charge is 0.396 e. The average Bonchev–Trinajstić information content (AvgIpc) is 2.75. The highest BCUT2D eigenvalue weighted by atomic mass is 16.3. The second-order valence-corrected chi connectivity index (χ2v) is 8.69. The molecule has 0 aromatic heterocycles. The molecule has 2 nitrogen and oxygen atoms in total. The third kappa shape index (κ3) is 5.24. The third-order valence-corrected chi connectivity index (χ3v) is 6.62. The van der Waals surface area contributed by atoms with Crippen LogP contribution in [0.15, 0.2) is 42.5 Å². The smallest absolute Gasteiger partial charge is 0.0481 e. The molecule has 0 saturated heterocycles. The topological polar surface area (TPSA) is 40.5 Å². The molecule has 0 amide bonds. The molecule has 2 aromatic carbocycles. The molecule has 2 heteroatoms. The van der Waals surface area contributed by atoms with Crippen molar-refractivity contribution in [3.8, 4) is 11.1 Å². The van der Waals surface area contributed by atoms with Crippen LogP contribution in [-0.2, 0) is 12.8 Å². The minimum Gasteiger partial charge on any atom is -0.396 e. The number of hydrogen-bond acceptors (Lipinski definition) is 2. The van der Waals surface area contributed by atoms with Gasteiger partial charge in [0.2, 0.25) is 0 Å². The Bertz CT molecular complexity index is 723. The van der Waals surface area contributed by atoms with Gasteiger partial charge < -0.3 is 10.2 Å². The van der Waals surface area contributed by atoms with Crippen LogP contribution >= 0.6 is 0 Å². The zero-order valence-corrected chi connectivity index (χ0v) is 17.5. The van der Waals surface area contributed by atoms with E-state index < -0.39 is 0 Å². The van der Waals surface area contributed by atoms with E-state index in [-0.39, 0.29) is 19.1 Å². The van der Waals surface area contributed by atoms with Crippen molar-refractivity contribution in [1.29, 1.82) is 0 Å². The molecule has 1 aliphatic carbocycles. The molecule has 2 N–H and O–H groups in total. The van der Waals surface area contributed by atoms with Crippen LogP contribution in [0.25, 0.3) is 11.1 Å². The van der Waals surface area contributed by atoms with Gasteiger partial charge in [-0.15, -0.1) is 0 Å². The fourth-order valence-electron chi connectivity index (χ4n) is 4.52. The summed E-state index contributed by atoms with van der Waals surface area (Å²) in [5.74, 6) is 1.62. The quantitative estimate of drug-likeness (QED) is 0.613. The van der Waals surface area contributed by atoms with Gasteiger partial charge >= 0.3 is 0 Å². The summed E-state index contributed by atoms with van der Waals surface area (Å²) in [5, 5.41) is 18.5. The fraction of sp³-hybridized carbons (Fsp3) is 0.538. The first kappa shape index (κ1) is 21.1. The summed E-state index contributed by atoms with van der Waals surface area (Å²) in [6, 6.07) is 16.0. The highest BCUT2D eigenvalue weighted by Gasteiger charge is 2.19. The van der Waals surface area contributed by atoms with E-state index in [4.69, 9.17) is 0 Å². The van der Waals surface area contributed by atoms with Crippen LogP contribution in [0, 0.1) is 11.8 Å². The predicted molar refractivity (Wildman–Crippen MR) is 118 cm³/mol. The van der Waals surface area contributed by atoms with Crippen molar-refractivity contribution >= 4 is 0 Å². The van der Waals surface area contributed by atoms with Crippen LogP contribution in [-0.4, -0.2) is 23.4 Å². The highest BCUT2D eigenvalue weighted by molar-refractivity contribution is 5.68. The number of hydrogen-bond donors (Lipinski definition) is 2. The Balaban J connectivity index is 1.72. The molecular weight excluding hydrogens is 344 g/mol. The molecule has 152 valence electrons.